The standard InChI is InChI=1S/C18H24N6O2/c1-3-19-17(25)13-22-8-10-23(11-9-22)18(26)16-12-24(21-20-16)15-6-4-14(2)5-7-15/h4-7,12H,3,8-11,13H2,1-2H3,(H,19,25). The van der Waals surface area contributed by atoms with Crippen molar-refractivity contribution in [3.63, 3.8) is 0 Å². The molecule has 0 saturated carbocycles. The van der Waals surface area contributed by atoms with Gasteiger partial charge in [0.25, 0.3) is 5.91 Å². The summed E-state index contributed by atoms with van der Waals surface area (Å²) in [6.45, 7) is 7.44. The zero-order valence-corrected chi connectivity index (χ0v) is 15.2. The van der Waals surface area contributed by atoms with E-state index in [1.807, 2.05) is 38.1 Å². The molecule has 1 aromatic heterocycles. The van der Waals surface area contributed by atoms with Crippen molar-refractivity contribution in [3.8, 4) is 5.69 Å². The highest BCUT2D eigenvalue weighted by molar-refractivity contribution is 5.92. The van der Waals surface area contributed by atoms with Crippen molar-refractivity contribution in [1.29, 1.82) is 0 Å². The predicted molar refractivity (Wildman–Crippen MR) is 97.1 cm³/mol. The van der Waals surface area contributed by atoms with Gasteiger partial charge in [-0.3, -0.25) is 14.5 Å². The number of hydrogen-bond acceptors (Lipinski definition) is 5. The molecule has 0 bridgehead atoms. The average molecular weight is 356 g/mol. The van der Waals surface area contributed by atoms with Crippen molar-refractivity contribution >= 4 is 11.8 Å². The molecule has 1 saturated heterocycles. The number of hydrogen-bond donors (Lipinski definition) is 1. The van der Waals surface area contributed by atoms with Gasteiger partial charge in [0.05, 0.1) is 18.4 Å². The molecular formula is C18H24N6O2. The summed E-state index contributed by atoms with van der Waals surface area (Å²) in [6.07, 6.45) is 1.66. The number of rotatable bonds is 5. The van der Waals surface area contributed by atoms with E-state index < -0.39 is 0 Å². The SMILES string of the molecule is CCNC(=O)CN1CCN(C(=O)c2cn(-c3ccc(C)cc3)nn2)CC1. The average Bonchev–Trinajstić information content (AvgIpc) is 3.12. The predicted octanol–water partition coefficient (Wildman–Crippen LogP) is 0.470. The van der Waals surface area contributed by atoms with Crippen molar-refractivity contribution in [2.24, 2.45) is 0 Å². The summed E-state index contributed by atoms with van der Waals surface area (Å²) in [7, 11) is 0. The summed E-state index contributed by atoms with van der Waals surface area (Å²) in [5.74, 6) is -0.102. The number of nitrogens with one attached hydrogen (secondary N) is 1. The first kappa shape index (κ1) is 18.1. The minimum absolute atomic E-state index is 0.0216. The van der Waals surface area contributed by atoms with Gasteiger partial charge in [0.2, 0.25) is 5.91 Å². The van der Waals surface area contributed by atoms with Gasteiger partial charge >= 0.3 is 0 Å². The van der Waals surface area contributed by atoms with Gasteiger partial charge in [-0.05, 0) is 26.0 Å². The van der Waals surface area contributed by atoms with Crippen molar-refractivity contribution in [2.75, 3.05) is 39.3 Å². The van der Waals surface area contributed by atoms with E-state index >= 15 is 0 Å². The summed E-state index contributed by atoms with van der Waals surface area (Å²) in [5.41, 5.74) is 2.37. The zero-order valence-electron chi connectivity index (χ0n) is 15.2. The Balaban J connectivity index is 1.57. The first-order valence-corrected chi connectivity index (χ1v) is 8.84. The van der Waals surface area contributed by atoms with Crippen LogP contribution in [0.2, 0.25) is 0 Å². The molecule has 1 fully saturated rings. The highest BCUT2D eigenvalue weighted by Gasteiger charge is 2.25. The van der Waals surface area contributed by atoms with Gasteiger partial charge < -0.3 is 10.2 Å². The lowest BCUT2D eigenvalue weighted by Crippen LogP contribution is -2.51. The highest BCUT2D eigenvalue weighted by Crippen LogP contribution is 2.11. The number of aryl methyl sites for hydroxylation is 1. The molecular weight excluding hydrogens is 332 g/mol. The Kier molecular flexibility index (Phi) is 5.62. The molecule has 8 nitrogen and oxygen atoms in total. The Morgan fingerprint density at radius 2 is 1.81 bits per heavy atom. The molecule has 0 atom stereocenters. The van der Waals surface area contributed by atoms with Crippen molar-refractivity contribution in [1.82, 2.24) is 30.1 Å². The van der Waals surface area contributed by atoms with Crippen LogP contribution in [0.15, 0.2) is 30.5 Å². The number of likely N-dealkylation sites (N-methyl/N-ethyl adjacent to an activating group) is 1. The van der Waals surface area contributed by atoms with Gasteiger partial charge in [-0.2, -0.15) is 0 Å². The summed E-state index contributed by atoms with van der Waals surface area (Å²) >= 11 is 0. The van der Waals surface area contributed by atoms with Crippen molar-refractivity contribution < 1.29 is 9.59 Å². The van der Waals surface area contributed by atoms with Crippen LogP contribution >= 0.6 is 0 Å². The van der Waals surface area contributed by atoms with Crippen LogP contribution < -0.4 is 5.32 Å². The van der Waals surface area contributed by atoms with Crippen LogP contribution in [-0.2, 0) is 4.79 Å². The monoisotopic (exact) mass is 356 g/mol. The van der Waals surface area contributed by atoms with Crippen LogP contribution in [0.3, 0.4) is 0 Å². The Hall–Kier alpha value is -2.74. The molecule has 138 valence electrons. The van der Waals surface area contributed by atoms with Gasteiger partial charge in [-0.25, -0.2) is 4.68 Å². The van der Waals surface area contributed by atoms with E-state index in [-0.39, 0.29) is 11.8 Å². The quantitative estimate of drug-likeness (QED) is 0.842. The van der Waals surface area contributed by atoms with Crippen molar-refractivity contribution in [3.05, 3.63) is 41.7 Å². The van der Waals surface area contributed by atoms with E-state index in [2.05, 4.69) is 20.5 Å². The van der Waals surface area contributed by atoms with Gasteiger partial charge in [-0.1, -0.05) is 22.9 Å². The molecule has 0 radical (unpaired) electrons. The van der Waals surface area contributed by atoms with Gasteiger partial charge in [0, 0.05) is 32.7 Å². The molecule has 26 heavy (non-hydrogen) atoms. The third kappa shape index (κ3) is 4.26. The maximum Gasteiger partial charge on any atom is 0.276 e. The molecule has 0 unspecified atom stereocenters. The van der Waals surface area contributed by atoms with E-state index in [0.29, 0.717) is 45.0 Å². The first-order valence-electron chi connectivity index (χ1n) is 8.84. The topological polar surface area (TPSA) is 83.4 Å². The largest absolute Gasteiger partial charge is 0.355 e. The molecule has 1 aliphatic rings. The number of carbonyl (C=O) groups excluding carboxylic acids is 2. The van der Waals surface area contributed by atoms with Crippen LogP contribution in [0.4, 0.5) is 0 Å². The number of aromatic nitrogens is 3. The summed E-state index contributed by atoms with van der Waals surface area (Å²) in [6, 6.07) is 7.87. The third-order valence-electron chi connectivity index (χ3n) is 4.41. The summed E-state index contributed by atoms with van der Waals surface area (Å²) in [4.78, 5) is 28.1. The zero-order chi connectivity index (χ0) is 18.5. The fraction of sp³-hybridized carbons (Fsp3) is 0.444. The summed E-state index contributed by atoms with van der Waals surface area (Å²) in [5, 5.41) is 10.9. The van der Waals surface area contributed by atoms with Gasteiger partial charge in [0.1, 0.15) is 0 Å². The number of benzene rings is 1. The molecule has 2 aromatic rings. The second kappa shape index (κ2) is 8.09. The Bertz CT molecular complexity index is 762. The maximum atomic E-state index is 12.6. The lowest BCUT2D eigenvalue weighted by atomic mass is 10.2. The normalized spacial score (nSPS) is 15.1. The fourth-order valence-electron chi connectivity index (χ4n) is 2.91. The molecule has 1 N–H and O–H groups in total. The van der Waals surface area contributed by atoms with Crippen LogP contribution in [0, 0.1) is 6.92 Å². The maximum absolute atomic E-state index is 12.6. The van der Waals surface area contributed by atoms with Crippen molar-refractivity contribution in [2.45, 2.75) is 13.8 Å². The van der Waals surface area contributed by atoms with Gasteiger partial charge in [0.15, 0.2) is 5.69 Å². The molecule has 3 rings (SSSR count). The van der Waals surface area contributed by atoms with Crippen LogP contribution in [0.25, 0.3) is 5.69 Å². The molecule has 0 spiro atoms. The number of carbonyl (C=O) groups is 2. The smallest absolute Gasteiger partial charge is 0.276 e. The Labute approximate surface area is 152 Å². The second-order valence-electron chi connectivity index (χ2n) is 6.41. The van der Waals surface area contributed by atoms with Crippen LogP contribution in [-0.4, -0.2) is 75.9 Å². The highest BCUT2D eigenvalue weighted by atomic mass is 16.2. The number of piperazine rings is 1. The van der Waals surface area contributed by atoms with Gasteiger partial charge in [-0.15, -0.1) is 5.10 Å². The number of nitrogens with zero attached hydrogens (tertiary/aromatic N) is 5. The Morgan fingerprint density at radius 3 is 2.46 bits per heavy atom. The van der Waals surface area contributed by atoms with Crippen LogP contribution in [0.5, 0.6) is 0 Å². The lowest BCUT2D eigenvalue weighted by molar-refractivity contribution is -0.122. The Morgan fingerprint density at radius 1 is 1.12 bits per heavy atom. The molecule has 2 heterocycles. The molecule has 1 aliphatic heterocycles. The number of amides is 2. The molecule has 0 aliphatic carbocycles. The van der Waals surface area contributed by atoms with E-state index in [9.17, 15) is 9.59 Å². The summed E-state index contributed by atoms with van der Waals surface area (Å²) < 4.78 is 1.61. The minimum Gasteiger partial charge on any atom is -0.355 e. The van der Waals surface area contributed by atoms with E-state index in [0.717, 1.165) is 11.3 Å². The molecule has 8 heteroatoms. The van der Waals surface area contributed by atoms with E-state index in [1.165, 1.54) is 0 Å². The third-order valence-corrected chi connectivity index (χ3v) is 4.41. The molecule has 2 amide bonds. The first-order chi connectivity index (χ1) is 12.6. The lowest BCUT2D eigenvalue weighted by Gasteiger charge is -2.33. The minimum atomic E-state index is -0.124. The fourth-order valence-corrected chi connectivity index (χ4v) is 2.91. The second-order valence-corrected chi connectivity index (χ2v) is 6.41. The van der Waals surface area contributed by atoms with Crippen LogP contribution in [0.1, 0.15) is 23.0 Å². The van der Waals surface area contributed by atoms with E-state index in [4.69, 9.17) is 0 Å². The van der Waals surface area contributed by atoms with E-state index in [1.54, 1.807) is 15.8 Å². The molecule has 1 aromatic carbocycles.